The first-order chi connectivity index (χ1) is 26.4. The highest BCUT2D eigenvalue weighted by molar-refractivity contribution is 5.93. The Morgan fingerprint density at radius 2 is 1.11 bits per heavy atom. The number of benzene rings is 4. The number of aryl methyl sites for hydroxylation is 2. The van der Waals surface area contributed by atoms with Crippen LogP contribution in [0.5, 0.6) is 23.0 Å². The van der Waals surface area contributed by atoms with Crippen LogP contribution in [-0.4, -0.2) is 56.0 Å². The first-order valence-corrected chi connectivity index (χ1v) is 17.0. The first kappa shape index (κ1) is 39.3. The van der Waals surface area contributed by atoms with Crippen LogP contribution in [0, 0.1) is 13.8 Å². The molecule has 0 spiro atoms. The van der Waals surface area contributed by atoms with Crippen LogP contribution in [0.25, 0.3) is 11.1 Å². The molecule has 282 valence electrons. The summed E-state index contributed by atoms with van der Waals surface area (Å²) in [5, 5.41) is 0. The van der Waals surface area contributed by atoms with Crippen molar-refractivity contribution in [2.24, 2.45) is 0 Å². The van der Waals surface area contributed by atoms with E-state index >= 15 is 0 Å². The number of rotatable bonds is 16. The summed E-state index contributed by atoms with van der Waals surface area (Å²) in [7, 11) is 0. The predicted molar refractivity (Wildman–Crippen MR) is 200 cm³/mol. The Bertz CT molecular complexity index is 2180. The maximum absolute atomic E-state index is 13.2. The maximum atomic E-state index is 13.2. The minimum atomic E-state index is -0.910. The summed E-state index contributed by atoms with van der Waals surface area (Å²) >= 11 is 0. The standard InChI is InChI=1S/C43H38O12/c1-7-39(44)50-23-32(53-41(46)9-3)22-49-37-16-10-28(18-25(37)4)42(47)54-30-12-14-33-34-15-13-31(21-36(34)27(6)35(33)20-30)55-43(48)29-11-17-38(26(5)19-29)51-24-52-40(45)8-2/h7-21,27,32H,1-3,22-24H2,4-6H3. The van der Waals surface area contributed by atoms with Crippen molar-refractivity contribution >= 4 is 29.8 Å². The van der Waals surface area contributed by atoms with Crippen LogP contribution in [0.3, 0.4) is 0 Å². The van der Waals surface area contributed by atoms with Gasteiger partial charge in [0, 0.05) is 24.1 Å². The molecule has 0 saturated carbocycles. The molecule has 0 fully saturated rings. The number of carbonyl (C=O) groups is 5. The van der Waals surface area contributed by atoms with Gasteiger partial charge in [0.2, 0.25) is 6.79 Å². The molecule has 2 unspecified atom stereocenters. The summed E-state index contributed by atoms with van der Waals surface area (Å²) in [5.41, 5.74) is 5.71. The van der Waals surface area contributed by atoms with Crippen LogP contribution in [0.1, 0.15) is 55.8 Å². The molecule has 0 N–H and O–H groups in total. The number of fused-ring (bicyclic) bond motifs is 3. The Labute approximate surface area is 317 Å². The second kappa shape index (κ2) is 17.7. The largest absolute Gasteiger partial charge is 0.489 e. The molecule has 1 aliphatic rings. The summed E-state index contributed by atoms with van der Waals surface area (Å²) in [6, 6.07) is 20.4. The van der Waals surface area contributed by atoms with Gasteiger partial charge in [0.15, 0.2) is 6.10 Å². The first-order valence-electron chi connectivity index (χ1n) is 17.0. The lowest BCUT2D eigenvalue weighted by atomic mass is 9.99. The fourth-order valence-electron chi connectivity index (χ4n) is 5.75. The molecular formula is C43H38O12. The van der Waals surface area contributed by atoms with Gasteiger partial charge in [0.1, 0.15) is 36.2 Å². The number of carbonyl (C=O) groups excluding carboxylic acids is 5. The summed E-state index contributed by atoms with van der Waals surface area (Å²) in [5.74, 6) is -1.61. The van der Waals surface area contributed by atoms with Gasteiger partial charge in [0.25, 0.3) is 0 Å². The fourth-order valence-corrected chi connectivity index (χ4v) is 5.75. The molecule has 2 atom stereocenters. The van der Waals surface area contributed by atoms with Gasteiger partial charge in [-0.2, -0.15) is 0 Å². The highest BCUT2D eigenvalue weighted by atomic mass is 16.7. The van der Waals surface area contributed by atoms with Crippen molar-refractivity contribution in [3.8, 4) is 34.1 Å². The van der Waals surface area contributed by atoms with E-state index in [1.165, 1.54) is 0 Å². The molecule has 0 radical (unpaired) electrons. The SMILES string of the molecule is C=CC(=O)OCOc1ccc(C(=O)Oc2ccc3c(c2)C(C)c2cc(OC(=O)c4ccc(OCC(COC(=O)C=C)OC(=O)C=C)c(C)c4)ccc2-3)cc1C. The van der Waals surface area contributed by atoms with E-state index in [1.807, 2.05) is 31.2 Å². The zero-order chi connectivity index (χ0) is 39.6. The molecule has 0 saturated heterocycles. The van der Waals surface area contributed by atoms with E-state index < -0.39 is 36.0 Å². The zero-order valence-corrected chi connectivity index (χ0v) is 30.5. The van der Waals surface area contributed by atoms with Crippen molar-refractivity contribution in [2.45, 2.75) is 32.8 Å². The average molecular weight is 747 g/mol. The van der Waals surface area contributed by atoms with Crippen molar-refractivity contribution in [2.75, 3.05) is 20.0 Å². The summed E-state index contributed by atoms with van der Waals surface area (Å²) < 4.78 is 37.8. The minimum absolute atomic E-state index is 0.0929. The number of hydrogen-bond donors (Lipinski definition) is 0. The normalized spacial score (nSPS) is 12.8. The van der Waals surface area contributed by atoms with E-state index in [0.717, 1.165) is 40.5 Å². The van der Waals surface area contributed by atoms with E-state index in [9.17, 15) is 24.0 Å². The fraction of sp³-hybridized carbons (Fsp3) is 0.186. The molecule has 0 amide bonds. The van der Waals surface area contributed by atoms with Crippen LogP contribution in [0.4, 0.5) is 0 Å². The smallest absolute Gasteiger partial charge is 0.343 e. The lowest BCUT2D eigenvalue weighted by Gasteiger charge is -2.18. The van der Waals surface area contributed by atoms with Crippen LogP contribution in [0.15, 0.2) is 111 Å². The van der Waals surface area contributed by atoms with Crippen LogP contribution in [-0.2, 0) is 28.6 Å². The highest BCUT2D eigenvalue weighted by Gasteiger charge is 2.27. The Balaban J connectivity index is 1.20. The molecule has 4 aromatic rings. The van der Waals surface area contributed by atoms with Gasteiger partial charge in [-0.05, 0) is 108 Å². The molecule has 4 aromatic carbocycles. The second-order valence-corrected chi connectivity index (χ2v) is 12.3. The molecule has 1 aliphatic carbocycles. The van der Waals surface area contributed by atoms with E-state index in [1.54, 1.807) is 62.4 Å². The monoisotopic (exact) mass is 746 g/mol. The van der Waals surface area contributed by atoms with Gasteiger partial charge in [-0.3, -0.25) is 0 Å². The lowest BCUT2D eigenvalue weighted by Crippen LogP contribution is -2.30. The molecule has 0 aliphatic heterocycles. The van der Waals surface area contributed by atoms with Gasteiger partial charge < -0.3 is 33.2 Å². The van der Waals surface area contributed by atoms with E-state index in [4.69, 9.17) is 33.2 Å². The Morgan fingerprint density at radius 3 is 1.60 bits per heavy atom. The highest BCUT2D eigenvalue weighted by Crippen LogP contribution is 2.47. The van der Waals surface area contributed by atoms with Gasteiger partial charge >= 0.3 is 29.8 Å². The molecule has 12 nitrogen and oxygen atoms in total. The Kier molecular flexibility index (Phi) is 12.6. The van der Waals surface area contributed by atoms with Crippen molar-refractivity contribution < 1.29 is 57.1 Å². The van der Waals surface area contributed by atoms with E-state index in [0.29, 0.717) is 39.7 Å². The number of ether oxygens (including phenoxy) is 7. The third kappa shape index (κ3) is 9.73. The third-order valence-corrected chi connectivity index (χ3v) is 8.55. The van der Waals surface area contributed by atoms with Crippen molar-refractivity contribution in [3.05, 3.63) is 144 Å². The van der Waals surface area contributed by atoms with E-state index in [2.05, 4.69) is 19.7 Å². The van der Waals surface area contributed by atoms with Crippen molar-refractivity contribution in [3.63, 3.8) is 0 Å². The van der Waals surface area contributed by atoms with Crippen LogP contribution >= 0.6 is 0 Å². The number of esters is 5. The molecule has 0 heterocycles. The van der Waals surface area contributed by atoms with Gasteiger partial charge in [-0.1, -0.05) is 38.8 Å². The third-order valence-electron chi connectivity index (χ3n) is 8.55. The zero-order valence-electron chi connectivity index (χ0n) is 30.5. The summed E-state index contributed by atoms with van der Waals surface area (Å²) in [4.78, 5) is 60.7. The molecule has 0 bridgehead atoms. The van der Waals surface area contributed by atoms with Crippen LogP contribution in [0.2, 0.25) is 0 Å². The van der Waals surface area contributed by atoms with E-state index in [-0.39, 0.29) is 31.5 Å². The second-order valence-electron chi connectivity index (χ2n) is 12.3. The lowest BCUT2D eigenvalue weighted by molar-refractivity contribution is -0.154. The quantitative estimate of drug-likeness (QED) is 0.0377. The maximum Gasteiger partial charge on any atom is 0.343 e. The molecule has 5 rings (SSSR count). The summed E-state index contributed by atoms with van der Waals surface area (Å²) in [6.07, 6.45) is 2.11. The average Bonchev–Trinajstić information content (AvgIpc) is 3.45. The van der Waals surface area contributed by atoms with Crippen molar-refractivity contribution in [1.29, 1.82) is 0 Å². The van der Waals surface area contributed by atoms with Gasteiger partial charge in [-0.15, -0.1) is 0 Å². The van der Waals surface area contributed by atoms with Gasteiger partial charge in [-0.25, -0.2) is 24.0 Å². The number of hydrogen-bond acceptors (Lipinski definition) is 12. The Hall–Kier alpha value is -6.95. The Morgan fingerprint density at radius 1 is 0.618 bits per heavy atom. The van der Waals surface area contributed by atoms with Crippen molar-refractivity contribution in [1.82, 2.24) is 0 Å². The minimum Gasteiger partial charge on any atom is -0.489 e. The molecular weight excluding hydrogens is 708 g/mol. The summed E-state index contributed by atoms with van der Waals surface area (Å²) in [6.45, 7) is 14.9. The van der Waals surface area contributed by atoms with Gasteiger partial charge in [0.05, 0.1) is 11.1 Å². The topological polar surface area (TPSA) is 150 Å². The molecule has 12 heteroatoms. The molecule has 0 aromatic heterocycles. The predicted octanol–water partition coefficient (Wildman–Crippen LogP) is 7.15. The molecule has 55 heavy (non-hydrogen) atoms. The van der Waals surface area contributed by atoms with Crippen LogP contribution < -0.4 is 18.9 Å².